The van der Waals surface area contributed by atoms with E-state index < -0.39 is 0 Å². The molecule has 3 aromatic heterocycles. The molecule has 0 bridgehead atoms. The molecule has 2 fully saturated rings. The van der Waals surface area contributed by atoms with Gasteiger partial charge in [0.1, 0.15) is 11.4 Å². The van der Waals surface area contributed by atoms with Gasteiger partial charge in [-0.15, -0.1) is 22.7 Å². The Morgan fingerprint density at radius 1 is 1.22 bits per heavy atom. The SMILES string of the molecule is Cc1nc(C(=O)N2[C@H](CNC(=O)c3c(C)nc4sccn34)C[C@@H]3CCC[C@@H]32)c(-c2cccc(Cl)c2)s1. The summed E-state index contributed by atoms with van der Waals surface area (Å²) in [5.74, 6) is 0.251. The lowest BCUT2D eigenvalue weighted by Gasteiger charge is -2.30. The molecule has 4 aromatic rings. The van der Waals surface area contributed by atoms with Crippen LogP contribution in [-0.4, -0.2) is 49.7 Å². The van der Waals surface area contributed by atoms with E-state index in [1.54, 1.807) is 0 Å². The number of hydrogen-bond acceptors (Lipinski definition) is 6. The molecule has 1 aromatic carbocycles. The number of hydrogen-bond donors (Lipinski definition) is 1. The van der Waals surface area contributed by atoms with Crippen LogP contribution >= 0.6 is 34.3 Å². The first-order chi connectivity index (χ1) is 17.4. The van der Waals surface area contributed by atoms with Crippen LogP contribution in [0.4, 0.5) is 0 Å². The Bertz CT molecular complexity index is 1470. The average Bonchev–Trinajstić information content (AvgIpc) is 3.63. The second-order valence-electron chi connectivity index (χ2n) is 9.59. The number of nitrogens with one attached hydrogen (secondary N) is 1. The van der Waals surface area contributed by atoms with E-state index in [0.29, 0.717) is 34.6 Å². The highest BCUT2D eigenvalue weighted by Gasteiger charge is 2.47. The highest BCUT2D eigenvalue weighted by Crippen LogP contribution is 2.43. The van der Waals surface area contributed by atoms with Gasteiger partial charge in [0.25, 0.3) is 11.8 Å². The van der Waals surface area contributed by atoms with Crippen LogP contribution in [0.15, 0.2) is 35.8 Å². The summed E-state index contributed by atoms with van der Waals surface area (Å²) >= 11 is 9.27. The quantitative estimate of drug-likeness (QED) is 0.358. The average molecular weight is 540 g/mol. The molecule has 4 heterocycles. The molecule has 2 aliphatic rings. The lowest BCUT2D eigenvalue weighted by atomic mass is 10.0. The molecular weight excluding hydrogens is 514 g/mol. The summed E-state index contributed by atoms with van der Waals surface area (Å²) in [7, 11) is 0. The number of halogens is 1. The fourth-order valence-electron chi connectivity index (χ4n) is 5.87. The maximum absolute atomic E-state index is 14.1. The number of amides is 2. The van der Waals surface area contributed by atoms with Gasteiger partial charge in [0, 0.05) is 29.2 Å². The maximum Gasteiger partial charge on any atom is 0.274 e. The second kappa shape index (κ2) is 9.28. The second-order valence-corrected chi connectivity index (χ2v) is 12.1. The number of imidazole rings is 1. The molecule has 1 saturated carbocycles. The number of benzene rings is 1. The molecule has 7 nitrogen and oxygen atoms in total. The Hall–Kier alpha value is -2.75. The molecule has 1 aliphatic carbocycles. The zero-order valence-corrected chi connectivity index (χ0v) is 22.4. The topological polar surface area (TPSA) is 79.6 Å². The third-order valence-corrected chi connectivity index (χ3v) is 9.36. The van der Waals surface area contributed by atoms with E-state index in [2.05, 4.69) is 15.3 Å². The zero-order chi connectivity index (χ0) is 25.0. The Balaban J connectivity index is 1.28. The fraction of sp³-hybridized carbons (Fsp3) is 0.385. The lowest BCUT2D eigenvalue weighted by molar-refractivity contribution is 0.0645. The van der Waals surface area contributed by atoms with Crippen LogP contribution in [0.25, 0.3) is 15.4 Å². The highest BCUT2D eigenvalue weighted by molar-refractivity contribution is 7.15. The summed E-state index contributed by atoms with van der Waals surface area (Å²) < 4.78 is 1.83. The first-order valence-electron chi connectivity index (χ1n) is 12.2. The summed E-state index contributed by atoms with van der Waals surface area (Å²) in [6.07, 6.45) is 6.00. The monoisotopic (exact) mass is 539 g/mol. The van der Waals surface area contributed by atoms with Crippen molar-refractivity contribution in [3.8, 4) is 10.4 Å². The molecule has 1 saturated heterocycles. The first-order valence-corrected chi connectivity index (χ1v) is 14.2. The molecule has 2 amide bonds. The smallest absolute Gasteiger partial charge is 0.274 e. The third-order valence-electron chi connectivity index (χ3n) is 7.35. The van der Waals surface area contributed by atoms with Crippen LogP contribution in [0.3, 0.4) is 0 Å². The van der Waals surface area contributed by atoms with Gasteiger partial charge in [0.05, 0.1) is 21.6 Å². The van der Waals surface area contributed by atoms with Gasteiger partial charge in [0.15, 0.2) is 4.96 Å². The maximum atomic E-state index is 14.1. The van der Waals surface area contributed by atoms with E-state index >= 15 is 0 Å². The summed E-state index contributed by atoms with van der Waals surface area (Å²) in [6, 6.07) is 7.69. The molecule has 0 spiro atoms. The van der Waals surface area contributed by atoms with Crippen LogP contribution in [0.1, 0.15) is 57.4 Å². The number of rotatable bonds is 5. The van der Waals surface area contributed by atoms with Gasteiger partial charge in [-0.05, 0) is 56.7 Å². The van der Waals surface area contributed by atoms with Crippen LogP contribution in [0.2, 0.25) is 5.02 Å². The summed E-state index contributed by atoms with van der Waals surface area (Å²) in [6.45, 7) is 4.19. The number of fused-ring (bicyclic) bond motifs is 2. The highest BCUT2D eigenvalue weighted by atomic mass is 35.5. The van der Waals surface area contributed by atoms with E-state index in [4.69, 9.17) is 11.6 Å². The molecule has 1 aliphatic heterocycles. The van der Waals surface area contributed by atoms with Crippen LogP contribution in [-0.2, 0) is 0 Å². The molecule has 6 rings (SSSR count). The Morgan fingerprint density at radius 3 is 2.92 bits per heavy atom. The molecule has 3 atom stereocenters. The van der Waals surface area contributed by atoms with E-state index in [-0.39, 0.29) is 23.9 Å². The van der Waals surface area contributed by atoms with Crippen LogP contribution in [0, 0.1) is 19.8 Å². The van der Waals surface area contributed by atoms with Gasteiger partial charge in [-0.1, -0.05) is 30.2 Å². The minimum absolute atomic E-state index is 0.0521. The molecule has 36 heavy (non-hydrogen) atoms. The zero-order valence-electron chi connectivity index (χ0n) is 20.0. The van der Waals surface area contributed by atoms with Crippen molar-refractivity contribution in [2.75, 3.05) is 6.54 Å². The number of aryl methyl sites for hydroxylation is 2. The normalized spacial score (nSPS) is 21.3. The van der Waals surface area contributed by atoms with Crippen molar-refractivity contribution < 1.29 is 9.59 Å². The number of carbonyl (C=O) groups excluding carboxylic acids is 2. The summed E-state index contributed by atoms with van der Waals surface area (Å²) in [5, 5.41) is 6.50. The molecule has 1 N–H and O–H groups in total. The van der Waals surface area contributed by atoms with Crippen molar-refractivity contribution in [2.45, 2.75) is 51.6 Å². The van der Waals surface area contributed by atoms with Gasteiger partial charge < -0.3 is 10.2 Å². The predicted octanol–water partition coefficient (Wildman–Crippen LogP) is 5.60. The van der Waals surface area contributed by atoms with Gasteiger partial charge in [-0.3, -0.25) is 14.0 Å². The Kier molecular flexibility index (Phi) is 6.09. The van der Waals surface area contributed by atoms with Crippen LogP contribution < -0.4 is 5.32 Å². The van der Waals surface area contributed by atoms with E-state index in [9.17, 15) is 9.59 Å². The third kappa shape index (κ3) is 4.03. The molecule has 0 unspecified atom stereocenters. The Labute approximate surface area is 222 Å². The lowest BCUT2D eigenvalue weighted by Crippen LogP contribution is -2.47. The summed E-state index contributed by atoms with van der Waals surface area (Å²) in [4.78, 5) is 40.1. The largest absolute Gasteiger partial charge is 0.349 e. The van der Waals surface area contributed by atoms with Crippen molar-refractivity contribution in [2.24, 2.45) is 5.92 Å². The number of likely N-dealkylation sites (tertiary alicyclic amines) is 1. The van der Waals surface area contributed by atoms with Crippen molar-refractivity contribution in [1.29, 1.82) is 0 Å². The van der Waals surface area contributed by atoms with E-state index in [1.807, 2.05) is 59.0 Å². The minimum Gasteiger partial charge on any atom is -0.349 e. The van der Waals surface area contributed by atoms with Crippen molar-refractivity contribution in [3.63, 3.8) is 0 Å². The van der Waals surface area contributed by atoms with Gasteiger partial charge in [-0.2, -0.15) is 0 Å². The Morgan fingerprint density at radius 2 is 2.08 bits per heavy atom. The summed E-state index contributed by atoms with van der Waals surface area (Å²) in [5.41, 5.74) is 2.65. The van der Waals surface area contributed by atoms with Gasteiger partial charge in [-0.25, -0.2) is 9.97 Å². The predicted molar refractivity (Wildman–Crippen MR) is 143 cm³/mol. The number of aromatic nitrogens is 3. The standard InChI is InChI=1S/C26H26ClN5O2S2/c1-14-22(31-9-10-35-26(31)29-14)24(33)28-13-19-12-16-5-4-8-20(16)32(19)25(34)21-23(36-15(2)30-21)17-6-3-7-18(27)11-17/h3,6-7,9-11,16,19-20H,4-5,8,12-13H2,1-2H3,(H,28,33)/t16-,19-,20-/m0/s1. The number of carbonyl (C=O) groups is 2. The van der Waals surface area contributed by atoms with E-state index in [0.717, 1.165) is 46.1 Å². The molecular formula is C26H26ClN5O2S2. The van der Waals surface area contributed by atoms with Gasteiger partial charge in [0.2, 0.25) is 0 Å². The number of thiazole rings is 2. The van der Waals surface area contributed by atoms with Gasteiger partial charge >= 0.3 is 0 Å². The van der Waals surface area contributed by atoms with Crippen LogP contribution in [0.5, 0.6) is 0 Å². The molecule has 10 heteroatoms. The van der Waals surface area contributed by atoms with E-state index in [1.165, 1.54) is 22.7 Å². The number of nitrogens with zero attached hydrogens (tertiary/aromatic N) is 4. The fourth-order valence-corrected chi connectivity index (χ4v) is 7.73. The minimum atomic E-state index is -0.160. The first kappa shape index (κ1) is 23.6. The van der Waals surface area contributed by atoms with Crippen molar-refractivity contribution in [1.82, 2.24) is 24.6 Å². The molecule has 0 radical (unpaired) electrons. The van der Waals surface area contributed by atoms with Crippen molar-refractivity contribution >= 4 is 51.0 Å². The van der Waals surface area contributed by atoms with Crippen molar-refractivity contribution in [3.05, 3.63) is 63.0 Å². The molecule has 186 valence electrons.